The molecule has 4 saturated carbocycles. The summed E-state index contributed by atoms with van der Waals surface area (Å²) in [6, 6.07) is -12.5. The zero-order valence-corrected chi connectivity index (χ0v) is 63.9. The lowest BCUT2D eigenvalue weighted by molar-refractivity contribution is -0.219. The highest BCUT2D eigenvalue weighted by molar-refractivity contribution is 6.01. The number of alkyl halides is 8. The number of likely N-dealkylation sites (N-methyl/N-ethyl adjacent to an activating group) is 6. The van der Waals surface area contributed by atoms with Gasteiger partial charge in [0.2, 0.25) is 70.9 Å². The molecule has 33 heteroatoms. The minimum Gasteiger partial charge on any atom is -0.377 e. The number of halogens is 8. The predicted octanol–water partition coefficient (Wildman–Crippen LogP) is 5.86. The zero-order chi connectivity index (χ0) is 79.2. The summed E-state index contributed by atoms with van der Waals surface area (Å²) in [6.07, 6.45) is -14.9. The third-order valence-corrected chi connectivity index (χ3v) is 24.5. The van der Waals surface area contributed by atoms with Crippen molar-refractivity contribution in [2.75, 3.05) is 82.1 Å². The smallest absolute Gasteiger partial charge is 0.377 e. The molecule has 107 heavy (non-hydrogen) atoms. The van der Waals surface area contributed by atoms with Crippen molar-refractivity contribution in [3.63, 3.8) is 0 Å². The summed E-state index contributed by atoms with van der Waals surface area (Å²) >= 11 is 0. The number of fused-ring (bicyclic) bond motifs is 4. The second-order valence-corrected chi connectivity index (χ2v) is 31.7. The molecule has 0 radical (unpaired) electrons. The van der Waals surface area contributed by atoms with Crippen molar-refractivity contribution in [3.8, 4) is 0 Å². The van der Waals surface area contributed by atoms with Gasteiger partial charge in [0.05, 0.1) is 25.0 Å². The van der Waals surface area contributed by atoms with E-state index in [2.05, 4.69) is 16.0 Å². The van der Waals surface area contributed by atoms with E-state index >= 15 is 37.5 Å². The van der Waals surface area contributed by atoms with Gasteiger partial charge in [0.25, 0.3) is 0 Å². The number of ether oxygens (including phenoxy) is 1. The van der Waals surface area contributed by atoms with E-state index in [4.69, 9.17) is 4.74 Å². The lowest BCUT2D eigenvalue weighted by Crippen LogP contribution is -2.68. The Labute approximate surface area is 622 Å². The summed E-state index contributed by atoms with van der Waals surface area (Å²) in [5, 5.41) is 8.40. The highest BCUT2D eigenvalue weighted by Gasteiger charge is 2.57. The summed E-state index contributed by atoms with van der Waals surface area (Å²) in [4.78, 5) is 191. The van der Waals surface area contributed by atoms with Crippen molar-refractivity contribution in [2.45, 2.75) is 267 Å². The van der Waals surface area contributed by atoms with Crippen LogP contribution in [0.15, 0.2) is 11.6 Å². The first-order valence-electron chi connectivity index (χ1n) is 38.2. The summed E-state index contributed by atoms with van der Waals surface area (Å²) in [5.74, 6) is -16.6. The van der Waals surface area contributed by atoms with E-state index in [0.29, 0.717) is 44.1 Å². The van der Waals surface area contributed by atoms with E-state index in [1.807, 2.05) is 0 Å². The molecule has 0 aromatic carbocycles. The molecule has 602 valence electrons. The molecule has 12 amide bonds. The summed E-state index contributed by atoms with van der Waals surface area (Å²) in [5.41, 5.74) is -1.09. The van der Waals surface area contributed by atoms with Crippen LogP contribution in [0, 0.1) is 35.5 Å². The van der Waals surface area contributed by atoms with Gasteiger partial charge in [-0.2, -0.15) is 26.3 Å². The van der Waals surface area contributed by atoms with Gasteiger partial charge in [-0.1, -0.05) is 51.7 Å². The fourth-order valence-electron chi connectivity index (χ4n) is 17.4. The van der Waals surface area contributed by atoms with Crippen LogP contribution in [0.3, 0.4) is 0 Å². The Morgan fingerprint density at radius 2 is 1.28 bits per heavy atom. The van der Waals surface area contributed by atoms with Crippen LogP contribution < -0.4 is 16.0 Å². The fourth-order valence-corrected chi connectivity index (χ4v) is 17.4. The topological polar surface area (TPSA) is 279 Å². The molecule has 1 spiro atoms. The van der Waals surface area contributed by atoms with Crippen LogP contribution in [-0.2, 0) is 62.3 Å². The Morgan fingerprint density at radius 3 is 1.82 bits per heavy atom. The summed E-state index contributed by atoms with van der Waals surface area (Å²) in [6.45, 7) is 7.24. The average Bonchev–Trinajstić information content (AvgIpc) is 1.59. The van der Waals surface area contributed by atoms with Gasteiger partial charge in [-0.3, -0.25) is 57.5 Å². The number of hydrogen-bond acceptors (Lipinski definition) is 13. The predicted molar refractivity (Wildman–Crippen MR) is 374 cm³/mol. The number of carbonyl (C=O) groups excluding carboxylic acids is 12. The van der Waals surface area contributed by atoms with Gasteiger partial charge in [-0.05, 0) is 147 Å². The Morgan fingerprint density at radius 1 is 0.645 bits per heavy atom. The van der Waals surface area contributed by atoms with Crippen molar-refractivity contribution in [2.24, 2.45) is 35.5 Å². The lowest BCUT2D eigenvalue weighted by Gasteiger charge is -2.46. The molecule has 7 fully saturated rings. The van der Waals surface area contributed by atoms with Crippen LogP contribution in [0.2, 0.25) is 0 Å². The molecule has 25 nitrogen and oxygen atoms in total. The summed E-state index contributed by atoms with van der Waals surface area (Å²) < 4.78 is 121. The molecule has 0 aromatic heterocycles. The van der Waals surface area contributed by atoms with Gasteiger partial charge >= 0.3 is 12.4 Å². The van der Waals surface area contributed by atoms with E-state index < -0.39 is 229 Å². The highest BCUT2D eigenvalue weighted by atomic mass is 19.4. The van der Waals surface area contributed by atoms with Gasteiger partial charge in [-0.15, -0.1) is 0 Å². The van der Waals surface area contributed by atoms with Crippen molar-refractivity contribution >= 4 is 70.9 Å². The number of nitrogens with one attached hydrogen (secondary N) is 3. The minimum absolute atomic E-state index is 0.00422. The third-order valence-electron chi connectivity index (χ3n) is 24.5. The molecular formula is C74H112F8N12O13. The fraction of sp³-hybridized carbons (Fsp3) is 0.811. The quantitative estimate of drug-likeness (QED) is 0.153. The number of rotatable bonds is 12. The van der Waals surface area contributed by atoms with Gasteiger partial charge in [0, 0.05) is 82.0 Å². The number of hydrogen-bond donors (Lipinski definition) is 3. The van der Waals surface area contributed by atoms with Crippen molar-refractivity contribution < 1.29 is 97.4 Å². The molecule has 2 bridgehead atoms. The zero-order valence-electron chi connectivity index (χ0n) is 63.9. The second-order valence-electron chi connectivity index (χ2n) is 31.7. The average molecular weight is 1530 g/mol. The van der Waals surface area contributed by atoms with E-state index in [1.165, 1.54) is 73.8 Å². The first kappa shape index (κ1) is 85.4. The molecule has 2 unspecified atom stereocenters. The molecule has 4 aliphatic carbocycles. The van der Waals surface area contributed by atoms with Crippen LogP contribution in [0.25, 0.3) is 0 Å². The van der Waals surface area contributed by atoms with Crippen LogP contribution in [0.5, 0.6) is 0 Å². The molecule has 8 aliphatic rings. The van der Waals surface area contributed by atoms with Crippen molar-refractivity contribution in [3.05, 3.63) is 11.6 Å². The first-order valence-corrected chi connectivity index (χ1v) is 38.2. The van der Waals surface area contributed by atoms with E-state index in [-0.39, 0.29) is 103 Å². The molecule has 8 rings (SSSR count). The Balaban J connectivity index is 1.20. The van der Waals surface area contributed by atoms with Crippen molar-refractivity contribution in [1.82, 2.24) is 60.0 Å². The maximum atomic E-state index is 15.5. The molecule has 13 atom stereocenters. The van der Waals surface area contributed by atoms with Crippen LogP contribution in [-0.4, -0.2) is 288 Å². The monoisotopic (exact) mass is 1530 g/mol. The maximum absolute atomic E-state index is 15.5. The molecule has 0 aromatic rings. The Bertz CT molecular complexity index is 3280. The maximum Gasteiger partial charge on any atom is 0.397 e. The normalized spacial score (nSPS) is 32.9. The first-order chi connectivity index (χ1) is 50.2. The van der Waals surface area contributed by atoms with E-state index in [1.54, 1.807) is 40.7 Å². The Kier molecular flexibility index (Phi) is 28.4. The second kappa shape index (κ2) is 35.6. The molecule has 4 heterocycles. The number of amides is 12. The molecule has 4 aliphatic heterocycles. The van der Waals surface area contributed by atoms with E-state index in [0.717, 1.165) is 19.6 Å². The van der Waals surface area contributed by atoms with Crippen LogP contribution in [0.1, 0.15) is 176 Å². The Hall–Kier alpha value is -7.22. The van der Waals surface area contributed by atoms with Crippen LogP contribution in [0.4, 0.5) is 35.1 Å². The van der Waals surface area contributed by atoms with E-state index in [9.17, 15) is 55.1 Å². The van der Waals surface area contributed by atoms with Gasteiger partial charge in [-0.25, -0.2) is 8.78 Å². The van der Waals surface area contributed by atoms with Gasteiger partial charge in [0.1, 0.15) is 78.2 Å². The van der Waals surface area contributed by atoms with Gasteiger partial charge in [0.15, 0.2) is 0 Å². The molecular weight excluding hydrogens is 1420 g/mol. The number of carbonyl (C=O) groups is 12. The largest absolute Gasteiger partial charge is 0.397 e. The molecule has 3 saturated heterocycles. The minimum atomic E-state index is -5.22. The standard InChI is InChI=1S/C74H112F8N12O13/c1-13-42(5)60-69(104)92-32-28-52(92)67(102)89(10)54-33-41(4)27-31-93(68(54)103)56(36-43-21-24-46(25-22-43)73(77,78)79)66(101)87(8)40-57(95)83-50(26-23-44-34-48(75)59(49(76)35-44)74(80,81)82)64(99)94-39-47(107-15-3)37-53(94)63(98)85-72(29-18-30-72)71(106)91(12)61(45-19-16-17-20-45)70(105)90(11)55(65(100)86(6)7)38-58(96)88(9)51(14-2)62(97)84-60/h27,42-56,59-61H,13-26,28-40H2,1-12H3,(H,83,95)(H,84,97)(H,85,98)/t42-,43?,44?,46?,47+,48?,49?,50-,51-,52-,53-,54-,55-,56-,59?,60-,61-/m0/s1. The number of nitrogens with zero attached hydrogens (tertiary/aromatic N) is 9. The highest BCUT2D eigenvalue weighted by Crippen LogP contribution is 2.46. The van der Waals surface area contributed by atoms with Crippen molar-refractivity contribution in [1.29, 1.82) is 0 Å². The lowest BCUT2D eigenvalue weighted by atomic mass is 9.74. The van der Waals surface area contributed by atoms with Gasteiger partial charge < -0.3 is 64.8 Å². The van der Waals surface area contributed by atoms with Crippen LogP contribution >= 0.6 is 0 Å². The SMILES string of the molecule is CCO[C@@H]1C[C@H]2C(=O)NC3(CCC3)C(=O)N(C)[C@@H](C3CCCC3)C(=O)N(C)[C@H](C(=O)N(C)C)CC(=O)N(C)[C@@H](CC)C(=O)N[C@@H]([C@@H](C)CC)C(=O)N3CC[C@H]3C(=O)N(C)[C@H]3CC(C)=CCN(C3=O)[C@@H](CC3CCC(C(F)(F)F)CC3)C(=O)N(C)CC(=O)N[C@@H](CCC3CC(F)C(C(F)(F)F)C(F)C3)C(=O)N2C1. The molecule has 3 N–H and O–H groups in total. The summed E-state index contributed by atoms with van der Waals surface area (Å²) in [7, 11) is 9.56. The third kappa shape index (κ3) is 19.3.